The molecule has 1 N–H and O–H groups in total. The van der Waals surface area contributed by atoms with Crippen molar-refractivity contribution in [2.45, 2.75) is 25.9 Å². The Morgan fingerprint density at radius 3 is 2.82 bits per heavy atom. The summed E-state index contributed by atoms with van der Waals surface area (Å²) in [6.45, 7) is 3.32. The number of hydrogen-bond acceptors (Lipinski definition) is 4. The van der Waals surface area contributed by atoms with Gasteiger partial charge in [0.15, 0.2) is 0 Å². The van der Waals surface area contributed by atoms with E-state index in [4.69, 9.17) is 25.8 Å². The second-order valence-electron chi connectivity index (χ2n) is 5.39. The number of halogens is 1. The van der Waals surface area contributed by atoms with E-state index < -0.39 is 6.10 Å². The fourth-order valence-electron chi connectivity index (χ4n) is 1.82. The fraction of sp³-hybridized carbons (Fsp3) is 0.562. The summed E-state index contributed by atoms with van der Waals surface area (Å²) in [7, 11) is 1.61. The van der Waals surface area contributed by atoms with Crippen LogP contribution in [0.5, 0.6) is 5.75 Å². The summed E-state index contributed by atoms with van der Waals surface area (Å²) in [5.41, 5.74) is 0.621. The highest BCUT2D eigenvalue weighted by Gasteiger charge is 2.24. The fourth-order valence-corrected chi connectivity index (χ4v) is 2.05. The molecule has 0 aromatic heterocycles. The van der Waals surface area contributed by atoms with Crippen molar-refractivity contribution in [2.75, 3.05) is 32.2 Å². The molecule has 5 nitrogen and oxygen atoms in total. The second kappa shape index (κ2) is 8.36. The predicted octanol–water partition coefficient (Wildman–Crippen LogP) is 3.12. The maximum absolute atomic E-state index is 12.0. The molecular weight excluding hydrogens is 306 g/mol. The molecule has 122 valence electrons. The van der Waals surface area contributed by atoms with Crippen LogP contribution in [-0.2, 0) is 14.3 Å². The van der Waals surface area contributed by atoms with E-state index in [1.54, 1.807) is 32.2 Å². The number of benzene rings is 1. The maximum Gasteiger partial charge on any atom is 0.253 e. The van der Waals surface area contributed by atoms with Crippen molar-refractivity contribution in [3.8, 4) is 5.75 Å². The number of rotatable bonds is 9. The zero-order valence-electron chi connectivity index (χ0n) is 12.9. The molecule has 22 heavy (non-hydrogen) atoms. The second-order valence-corrected chi connectivity index (χ2v) is 5.80. The van der Waals surface area contributed by atoms with Crippen LogP contribution in [0.15, 0.2) is 18.2 Å². The van der Waals surface area contributed by atoms with Gasteiger partial charge in [-0.15, -0.1) is 0 Å². The summed E-state index contributed by atoms with van der Waals surface area (Å²) in [6, 6.07) is 5.14. The molecule has 1 atom stereocenters. The summed E-state index contributed by atoms with van der Waals surface area (Å²) in [5, 5.41) is 3.24. The van der Waals surface area contributed by atoms with Gasteiger partial charge >= 0.3 is 0 Å². The zero-order valence-corrected chi connectivity index (χ0v) is 13.7. The normalized spacial score (nSPS) is 15.4. The number of ether oxygens (including phenoxy) is 3. The van der Waals surface area contributed by atoms with Crippen LogP contribution in [-0.4, -0.2) is 38.9 Å². The molecule has 1 aromatic carbocycles. The van der Waals surface area contributed by atoms with Gasteiger partial charge in [0, 0.05) is 12.8 Å². The van der Waals surface area contributed by atoms with Gasteiger partial charge in [-0.05, 0) is 43.9 Å². The third-order valence-electron chi connectivity index (χ3n) is 3.39. The zero-order chi connectivity index (χ0) is 15.9. The standard InChI is InChI=1S/C16H22ClNO4/c1-11(22-10-12-3-4-12)16(19)18-13-5-6-15(14(17)9-13)21-8-7-20-2/h5-6,9,11-12H,3-4,7-8,10H2,1-2H3,(H,18,19). The average Bonchev–Trinajstić information content (AvgIpc) is 3.31. The predicted molar refractivity (Wildman–Crippen MR) is 85.6 cm³/mol. The lowest BCUT2D eigenvalue weighted by Crippen LogP contribution is -2.28. The Morgan fingerprint density at radius 2 is 2.18 bits per heavy atom. The Morgan fingerprint density at radius 1 is 1.41 bits per heavy atom. The molecule has 0 spiro atoms. The van der Waals surface area contributed by atoms with Gasteiger partial charge in [-0.3, -0.25) is 4.79 Å². The largest absolute Gasteiger partial charge is 0.490 e. The van der Waals surface area contributed by atoms with E-state index in [2.05, 4.69) is 5.32 Å². The Balaban J connectivity index is 1.83. The smallest absolute Gasteiger partial charge is 0.253 e. The maximum atomic E-state index is 12.0. The van der Waals surface area contributed by atoms with Crippen molar-refractivity contribution in [2.24, 2.45) is 5.92 Å². The molecule has 0 saturated heterocycles. The summed E-state index contributed by atoms with van der Waals surface area (Å²) >= 11 is 6.13. The van der Waals surface area contributed by atoms with Crippen LogP contribution < -0.4 is 10.1 Å². The number of carbonyl (C=O) groups is 1. The van der Waals surface area contributed by atoms with E-state index in [0.29, 0.717) is 42.2 Å². The minimum atomic E-state index is -0.475. The molecule has 1 aliphatic rings. The van der Waals surface area contributed by atoms with Gasteiger partial charge in [0.05, 0.1) is 18.2 Å². The van der Waals surface area contributed by atoms with Crippen molar-refractivity contribution in [1.29, 1.82) is 0 Å². The topological polar surface area (TPSA) is 56.8 Å². The van der Waals surface area contributed by atoms with E-state index in [9.17, 15) is 4.79 Å². The van der Waals surface area contributed by atoms with Crippen LogP contribution in [0, 0.1) is 5.92 Å². The third-order valence-corrected chi connectivity index (χ3v) is 3.69. The molecule has 1 amide bonds. The first-order valence-corrected chi connectivity index (χ1v) is 7.81. The summed E-state index contributed by atoms with van der Waals surface area (Å²) < 4.78 is 15.9. The van der Waals surface area contributed by atoms with E-state index in [-0.39, 0.29) is 5.91 Å². The van der Waals surface area contributed by atoms with Crippen LogP contribution in [0.2, 0.25) is 5.02 Å². The van der Waals surface area contributed by atoms with Gasteiger partial charge in [0.25, 0.3) is 5.91 Å². The molecule has 1 saturated carbocycles. The number of hydrogen-bond donors (Lipinski definition) is 1. The molecular formula is C16H22ClNO4. The van der Waals surface area contributed by atoms with E-state index in [1.165, 1.54) is 12.8 Å². The molecule has 0 aliphatic heterocycles. The van der Waals surface area contributed by atoms with Gasteiger partial charge in [-0.25, -0.2) is 0 Å². The van der Waals surface area contributed by atoms with Crippen molar-refractivity contribution in [1.82, 2.24) is 0 Å². The van der Waals surface area contributed by atoms with Crippen LogP contribution in [0.25, 0.3) is 0 Å². The Hall–Kier alpha value is -1.30. The Labute approximate surface area is 135 Å². The lowest BCUT2D eigenvalue weighted by atomic mass is 10.2. The number of carbonyl (C=O) groups excluding carboxylic acids is 1. The van der Waals surface area contributed by atoms with Crippen molar-refractivity contribution >= 4 is 23.2 Å². The first-order valence-electron chi connectivity index (χ1n) is 7.44. The highest BCUT2D eigenvalue weighted by Crippen LogP contribution is 2.30. The number of methoxy groups -OCH3 is 1. The third kappa shape index (κ3) is 5.48. The SMILES string of the molecule is COCCOc1ccc(NC(=O)C(C)OCC2CC2)cc1Cl. The van der Waals surface area contributed by atoms with Gasteiger partial charge in [0.2, 0.25) is 0 Å². The quantitative estimate of drug-likeness (QED) is 0.708. The minimum Gasteiger partial charge on any atom is -0.490 e. The summed E-state index contributed by atoms with van der Waals surface area (Å²) in [6.07, 6.45) is 1.93. The highest BCUT2D eigenvalue weighted by atomic mass is 35.5. The number of nitrogens with one attached hydrogen (secondary N) is 1. The minimum absolute atomic E-state index is 0.176. The summed E-state index contributed by atoms with van der Waals surface area (Å²) in [4.78, 5) is 12.0. The molecule has 6 heteroatoms. The molecule has 2 rings (SSSR count). The molecule has 1 aromatic rings. The molecule has 0 radical (unpaired) electrons. The number of amides is 1. The van der Waals surface area contributed by atoms with E-state index >= 15 is 0 Å². The molecule has 0 bridgehead atoms. The van der Waals surface area contributed by atoms with Crippen LogP contribution >= 0.6 is 11.6 Å². The highest BCUT2D eigenvalue weighted by molar-refractivity contribution is 6.32. The molecule has 1 aliphatic carbocycles. The molecule has 0 heterocycles. The van der Waals surface area contributed by atoms with Gasteiger partial charge in [-0.2, -0.15) is 0 Å². The van der Waals surface area contributed by atoms with E-state index in [0.717, 1.165) is 0 Å². The van der Waals surface area contributed by atoms with Crippen LogP contribution in [0.4, 0.5) is 5.69 Å². The summed E-state index contributed by atoms with van der Waals surface area (Å²) in [5.74, 6) is 1.02. The first kappa shape index (κ1) is 17.1. The lowest BCUT2D eigenvalue weighted by Gasteiger charge is -2.14. The Kier molecular flexibility index (Phi) is 6.49. The number of anilines is 1. The monoisotopic (exact) mass is 327 g/mol. The van der Waals surface area contributed by atoms with Crippen molar-refractivity contribution < 1.29 is 19.0 Å². The van der Waals surface area contributed by atoms with Gasteiger partial charge in [0.1, 0.15) is 18.5 Å². The van der Waals surface area contributed by atoms with Crippen molar-refractivity contribution in [3.63, 3.8) is 0 Å². The average molecular weight is 328 g/mol. The van der Waals surface area contributed by atoms with E-state index in [1.807, 2.05) is 0 Å². The van der Waals surface area contributed by atoms with Gasteiger partial charge < -0.3 is 19.5 Å². The first-order chi connectivity index (χ1) is 10.6. The Bertz CT molecular complexity index is 505. The van der Waals surface area contributed by atoms with Gasteiger partial charge in [-0.1, -0.05) is 11.6 Å². The molecule has 1 fully saturated rings. The van der Waals surface area contributed by atoms with Crippen molar-refractivity contribution in [3.05, 3.63) is 23.2 Å². The van der Waals surface area contributed by atoms with Crippen LogP contribution in [0.3, 0.4) is 0 Å². The lowest BCUT2D eigenvalue weighted by molar-refractivity contribution is -0.126. The molecule has 1 unspecified atom stereocenters. The van der Waals surface area contributed by atoms with Crippen LogP contribution in [0.1, 0.15) is 19.8 Å².